The Morgan fingerprint density at radius 1 is 1.29 bits per heavy atom. The number of aliphatic carboxylic acids is 1. The van der Waals surface area contributed by atoms with E-state index in [9.17, 15) is 64.5 Å². The highest BCUT2D eigenvalue weighted by Crippen LogP contribution is 2.45. The van der Waals surface area contributed by atoms with Crippen molar-refractivity contribution < 1.29 is 73.7 Å². The second-order valence-corrected chi connectivity index (χ2v) is 11.1. The molecule has 0 saturated carbocycles. The van der Waals surface area contributed by atoms with Gasteiger partial charge in [-0.1, -0.05) is 0 Å². The number of amides is 1. The summed E-state index contributed by atoms with van der Waals surface area (Å²) < 4.78 is 27.7. The number of nitrogens with zero attached hydrogens (tertiary/aromatic N) is 2. The number of aromatic nitrogens is 2. The average molecular weight is 629 g/mol. The zero-order valence-electron chi connectivity index (χ0n) is 21.6. The number of nitrogens with two attached hydrogens (primary N) is 2. The lowest BCUT2D eigenvalue weighted by Crippen LogP contribution is -2.73. The van der Waals surface area contributed by atoms with Crippen LogP contribution in [0.1, 0.15) is 26.0 Å². The number of carboxylic acid groups (broad SMARTS) is 1. The van der Waals surface area contributed by atoms with Gasteiger partial charge < -0.3 is 66.1 Å². The van der Waals surface area contributed by atoms with Crippen LogP contribution in [-0.4, -0.2) is 127 Å². The van der Waals surface area contributed by atoms with Crippen molar-refractivity contribution in [3.05, 3.63) is 22.7 Å². The molecule has 0 aromatic carbocycles. The van der Waals surface area contributed by atoms with Crippen molar-refractivity contribution in [2.75, 3.05) is 5.73 Å². The lowest BCUT2D eigenvalue weighted by atomic mass is 9.84. The SMILES string of the molecule is CC(=O)N[C@H]1[C@H]([C@H](O)[C@H](O)C(N)(O)C(OP(=O)(O)O)[C@H]2O[C@@H](n3ccc(N)nc3=O)C[C@@H]2O)O[C@](O)(C(=O)O)C[C@@H]1O. The van der Waals surface area contributed by atoms with Crippen LogP contribution >= 0.6 is 7.82 Å². The standard InChI is InChI=1S/C20H32N5O16P/c1-6(26)23-11-8(28)5-19(34,17(31)32)40-14(11)12(29)15(30)20(22,35)16(41-42(36,37)38)13-7(27)4-10(39-13)25-3-2-9(21)24-18(25)33/h2-3,7-8,10-16,27-30,34-35H,4-5,22H2,1H3,(H,23,26)(H,31,32)(H2,21,24,33)(H2,36,37,38)/t7-,8-,10+,11+,12-,13-,14+,15-,16?,19-,20?/m0/s1. The van der Waals surface area contributed by atoms with Crippen molar-refractivity contribution in [1.29, 1.82) is 0 Å². The first-order valence-electron chi connectivity index (χ1n) is 12.1. The molecule has 238 valence electrons. The third-order valence-electron chi connectivity index (χ3n) is 6.73. The molecule has 0 radical (unpaired) electrons. The molecular formula is C20H32N5O16P. The second kappa shape index (κ2) is 12.2. The molecule has 21 nitrogen and oxygen atoms in total. The number of anilines is 1. The van der Waals surface area contributed by atoms with E-state index >= 15 is 0 Å². The van der Waals surface area contributed by atoms with Gasteiger partial charge >= 0.3 is 19.5 Å². The third kappa shape index (κ3) is 7.11. The number of carbonyl (C=O) groups is 2. The van der Waals surface area contributed by atoms with Gasteiger partial charge in [-0.15, -0.1) is 0 Å². The van der Waals surface area contributed by atoms with Crippen LogP contribution in [0.3, 0.4) is 0 Å². The van der Waals surface area contributed by atoms with Gasteiger partial charge in [-0.25, -0.2) is 14.2 Å². The minimum atomic E-state index is -5.65. The van der Waals surface area contributed by atoms with E-state index in [1.54, 1.807) is 0 Å². The van der Waals surface area contributed by atoms with Crippen LogP contribution in [0.25, 0.3) is 0 Å². The lowest BCUT2D eigenvalue weighted by molar-refractivity contribution is -0.303. The van der Waals surface area contributed by atoms with Gasteiger partial charge in [0.25, 0.3) is 5.79 Å². The summed E-state index contributed by atoms with van der Waals surface area (Å²) in [6, 6.07) is -0.540. The molecule has 22 heteroatoms. The number of hydrogen-bond donors (Lipinski definition) is 12. The molecule has 2 saturated heterocycles. The van der Waals surface area contributed by atoms with E-state index in [-0.39, 0.29) is 5.82 Å². The number of phosphoric acid groups is 1. The highest BCUT2D eigenvalue weighted by Gasteiger charge is 2.59. The molecular weight excluding hydrogens is 597 g/mol. The molecule has 3 heterocycles. The molecule has 3 rings (SSSR count). The zero-order chi connectivity index (χ0) is 31.9. The predicted molar refractivity (Wildman–Crippen MR) is 131 cm³/mol. The topological polar surface area (TPSA) is 360 Å². The van der Waals surface area contributed by atoms with Crippen LogP contribution in [0.2, 0.25) is 0 Å². The molecule has 2 aliphatic rings. The van der Waals surface area contributed by atoms with Gasteiger partial charge in [-0.05, 0) is 6.07 Å². The number of aliphatic hydroxyl groups is 6. The quantitative estimate of drug-likeness (QED) is 0.0845. The van der Waals surface area contributed by atoms with Crippen LogP contribution in [-0.2, 0) is 28.2 Å². The first-order valence-corrected chi connectivity index (χ1v) is 13.6. The maximum atomic E-state index is 12.2. The summed E-state index contributed by atoms with van der Waals surface area (Å²) in [5.41, 5.74) is 6.77. The number of hydrogen-bond acceptors (Lipinski definition) is 16. The van der Waals surface area contributed by atoms with Crippen molar-refractivity contribution in [2.24, 2.45) is 5.73 Å². The van der Waals surface area contributed by atoms with Crippen molar-refractivity contribution >= 4 is 25.5 Å². The summed E-state index contributed by atoms with van der Waals surface area (Å²) in [6.45, 7) is 0.963. The largest absolute Gasteiger partial charge is 0.477 e. The van der Waals surface area contributed by atoms with Gasteiger partial charge in [-0.2, -0.15) is 4.98 Å². The first-order chi connectivity index (χ1) is 19.2. The number of carbonyl (C=O) groups excluding carboxylic acids is 1. The number of aliphatic hydroxyl groups excluding tert-OH is 4. The number of ether oxygens (including phenoxy) is 2. The molecule has 11 atom stereocenters. The molecule has 0 spiro atoms. The molecule has 1 aromatic heterocycles. The Kier molecular flexibility index (Phi) is 9.81. The highest BCUT2D eigenvalue weighted by molar-refractivity contribution is 7.46. The highest BCUT2D eigenvalue weighted by atomic mass is 31.2. The summed E-state index contributed by atoms with van der Waals surface area (Å²) in [5.74, 6) is -6.22. The minimum absolute atomic E-state index is 0.162. The maximum Gasteiger partial charge on any atom is 0.470 e. The summed E-state index contributed by atoms with van der Waals surface area (Å²) in [6.07, 6.45) is -17.8. The van der Waals surface area contributed by atoms with Crippen LogP contribution in [0.15, 0.2) is 17.1 Å². The fourth-order valence-electron chi connectivity index (χ4n) is 4.75. The Labute approximate surface area is 235 Å². The van der Waals surface area contributed by atoms with Crippen molar-refractivity contribution in [1.82, 2.24) is 14.9 Å². The number of phosphoric ester groups is 1. The Hall–Kier alpha value is -2.63. The molecule has 2 fully saturated rings. The smallest absolute Gasteiger partial charge is 0.470 e. The summed E-state index contributed by atoms with van der Waals surface area (Å²) in [5, 5.41) is 75.9. The summed E-state index contributed by atoms with van der Waals surface area (Å²) >= 11 is 0. The van der Waals surface area contributed by atoms with E-state index in [0.717, 1.165) is 17.7 Å². The van der Waals surface area contributed by atoms with Crippen LogP contribution in [0.5, 0.6) is 0 Å². The third-order valence-corrected chi connectivity index (χ3v) is 7.23. The molecule has 14 N–H and O–H groups in total. The summed E-state index contributed by atoms with van der Waals surface area (Å²) in [4.78, 5) is 57.9. The van der Waals surface area contributed by atoms with E-state index in [2.05, 4.69) is 14.8 Å². The second-order valence-electron chi connectivity index (χ2n) is 9.91. The van der Waals surface area contributed by atoms with Gasteiger partial charge in [0, 0.05) is 26.0 Å². The predicted octanol–water partition coefficient (Wildman–Crippen LogP) is -6.25. The fraction of sp³-hybridized carbons (Fsp3) is 0.700. The summed E-state index contributed by atoms with van der Waals surface area (Å²) in [7, 11) is -5.65. The molecule has 1 aromatic rings. The first kappa shape index (κ1) is 33.9. The normalized spacial score (nSPS) is 33.8. The average Bonchev–Trinajstić information content (AvgIpc) is 3.22. The number of nitrogens with one attached hydrogen (secondary N) is 1. The Bertz CT molecular complexity index is 1280. The van der Waals surface area contributed by atoms with Crippen molar-refractivity contribution in [3.63, 3.8) is 0 Å². The van der Waals surface area contributed by atoms with Gasteiger partial charge in [0.05, 0.1) is 18.2 Å². The Balaban J connectivity index is 1.98. The van der Waals surface area contributed by atoms with Gasteiger partial charge in [0.2, 0.25) is 5.91 Å². The van der Waals surface area contributed by atoms with Crippen LogP contribution < -0.4 is 22.5 Å². The molecule has 2 aliphatic heterocycles. The maximum absolute atomic E-state index is 12.2. The molecule has 0 bridgehead atoms. The van der Waals surface area contributed by atoms with Crippen molar-refractivity contribution in [2.45, 2.75) is 86.3 Å². The Morgan fingerprint density at radius 3 is 2.43 bits per heavy atom. The van der Waals surface area contributed by atoms with Gasteiger partial charge in [0.15, 0.2) is 5.72 Å². The van der Waals surface area contributed by atoms with E-state index in [1.807, 2.05) is 0 Å². The number of carboxylic acids is 1. The van der Waals surface area contributed by atoms with Crippen LogP contribution in [0.4, 0.5) is 5.82 Å². The van der Waals surface area contributed by atoms with E-state index < -0.39 is 105 Å². The van der Waals surface area contributed by atoms with E-state index in [1.165, 1.54) is 6.07 Å². The molecule has 42 heavy (non-hydrogen) atoms. The molecule has 1 amide bonds. The Morgan fingerprint density at radius 2 is 1.90 bits per heavy atom. The number of nitrogen functional groups attached to an aromatic ring is 1. The van der Waals surface area contributed by atoms with Gasteiger partial charge in [-0.3, -0.25) is 19.6 Å². The van der Waals surface area contributed by atoms with Gasteiger partial charge in [0.1, 0.15) is 42.6 Å². The van der Waals surface area contributed by atoms with E-state index in [4.69, 9.17) is 20.9 Å². The number of rotatable bonds is 10. The fourth-order valence-corrected chi connectivity index (χ4v) is 5.34. The zero-order valence-corrected chi connectivity index (χ0v) is 22.5. The van der Waals surface area contributed by atoms with Crippen molar-refractivity contribution in [3.8, 4) is 0 Å². The van der Waals surface area contributed by atoms with E-state index in [0.29, 0.717) is 0 Å². The van der Waals surface area contributed by atoms with Crippen LogP contribution in [0, 0.1) is 0 Å². The minimum Gasteiger partial charge on any atom is -0.477 e. The lowest BCUT2D eigenvalue weighted by Gasteiger charge is -2.47. The molecule has 2 unspecified atom stereocenters. The monoisotopic (exact) mass is 629 g/mol. The molecule has 0 aliphatic carbocycles.